The second-order valence-corrected chi connectivity index (χ2v) is 13.9. The molecule has 0 atom stereocenters. The number of rotatable bonds is 24. The average molecular weight is 774 g/mol. The Labute approximate surface area is 321 Å². The van der Waals surface area contributed by atoms with Crippen LogP contribution in [0, 0.1) is 0 Å². The quantitative estimate of drug-likeness (QED) is 0.0787. The number of carbonyl (C=O) groups excluding carboxylic acids is 1. The molecular formula is C39H50Cl2N4O8. The zero-order valence-corrected chi connectivity index (χ0v) is 32.2. The molecule has 288 valence electrons. The highest BCUT2D eigenvalue weighted by Gasteiger charge is 2.22. The van der Waals surface area contributed by atoms with Crippen molar-refractivity contribution in [1.82, 2.24) is 19.7 Å². The monoisotopic (exact) mass is 772 g/mol. The summed E-state index contributed by atoms with van der Waals surface area (Å²) in [6, 6.07) is 21.2. The van der Waals surface area contributed by atoms with Gasteiger partial charge in [-0.3, -0.25) is 4.79 Å². The normalized spacial score (nSPS) is 11.6. The van der Waals surface area contributed by atoms with Crippen LogP contribution in [0.3, 0.4) is 0 Å². The fraction of sp³-hybridized carbons (Fsp3) is 0.462. The molecule has 1 N–H and O–H groups in total. The number of benzene rings is 3. The van der Waals surface area contributed by atoms with E-state index in [9.17, 15) is 9.90 Å². The van der Waals surface area contributed by atoms with E-state index in [1.165, 1.54) is 28.7 Å². The molecule has 0 saturated heterocycles. The molecule has 0 aliphatic rings. The summed E-state index contributed by atoms with van der Waals surface area (Å²) in [6.07, 6.45) is 1.40. The first-order chi connectivity index (χ1) is 25.6. The number of aromatic hydroxyl groups is 1. The van der Waals surface area contributed by atoms with E-state index in [-0.39, 0.29) is 39.5 Å². The van der Waals surface area contributed by atoms with E-state index in [4.69, 9.17) is 51.6 Å². The van der Waals surface area contributed by atoms with E-state index in [0.29, 0.717) is 91.5 Å². The molecule has 1 heterocycles. The van der Waals surface area contributed by atoms with Crippen LogP contribution in [-0.4, -0.2) is 110 Å². The third kappa shape index (κ3) is 15.0. The Balaban J connectivity index is 1.10. The Kier molecular flexibility index (Phi) is 18.0. The Bertz CT molecular complexity index is 1630. The van der Waals surface area contributed by atoms with Crippen LogP contribution in [0.5, 0.6) is 5.75 Å². The van der Waals surface area contributed by atoms with Gasteiger partial charge in [-0.15, -0.1) is 5.10 Å². The van der Waals surface area contributed by atoms with Crippen LogP contribution in [0.4, 0.5) is 0 Å². The third-order valence-corrected chi connectivity index (χ3v) is 8.48. The molecule has 14 heteroatoms. The summed E-state index contributed by atoms with van der Waals surface area (Å²) in [5.74, 6) is -0.594. The van der Waals surface area contributed by atoms with Crippen molar-refractivity contribution < 1.29 is 38.3 Å². The van der Waals surface area contributed by atoms with Gasteiger partial charge in [-0.05, 0) is 34.2 Å². The molecule has 0 unspecified atom stereocenters. The number of halogens is 2. The third-order valence-electron chi connectivity index (χ3n) is 7.91. The first-order valence-corrected chi connectivity index (χ1v) is 18.4. The molecule has 3 aromatic carbocycles. The SMILES string of the molecule is CC(C)(C)c1ccc(CN(CCOCCOCCOCCOCCOCCOCc2ccccc2)C(=O)c2ncn(-c3cc(Cl)c(O)c(Cl)c3)n2)cc1. The lowest BCUT2D eigenvalue weighted by atomic mass is 9.87. The van der Waals surface area contributed by atoms with Gasteiger partial charge in [0.15, 0.2) is 5.75 Å². The number of phenols is 1. The molecule has 0 aliphatic heterocycles. The molecular weight excluding hydrogens is 723 g/mol. The van der Waals surface area contributed by atoms with Crippen molar-refractivity contribution in [3.63, 3.8) is 0 Å². The number of nitrogens with zero attached hydrogens (tertiary/aromatic N) is 4. The van der Waals surface area contributed by atoms with Gasteiger partial charge in [0.2, 0.25) is 5.82 Å². The molecule has 0 fully saturated rings. The Morgan fingerprint density at radius 2 is 1.23 bits per heavy atom. The molecule has 0 saturated carbocycles. The van der Waals surface area contributed by atoms with Gasteiger partial charge in [0, 0.05) is 13.1 Å². The lowest BCUT2D eigenvalue weighted by molar-refractivity contribution is -0.0183. The first-order valence-electron chi connectivity index (χ1n) is 17.6. The molecule has 0 aliphatic carbocycles. The molecule has 0 radical (unpaired) electrons. The van der Waals surface area contributed by atoms with Crippen LogP contribution in [0.2, 0.25) is 10.0 Å². The smallest absolute Gasteiger partial charge is 0.293 e. The summed E-state index contributed by atoms with van der Waals surface area (Å²) >= 11 is 12.2. The number of phenolic OH excluding ortho intramolecular Hbond substituents is 1. The lowest BCUT2D eigenvalue weighted by Crippen LogP contribution is -2.34. The van der Waals surface area contributed by atoms with Crippen LogP contribution < -0.4 is 0 Å². The highest BCUT2D eigenvalue weighted by molar-refractivity contribution is 6.37. The number of ether oxygens (including phenoxy) is 6. The average Bonchev–Trinajstić information content (AvgIpc) is 3.65. The van der Waals surface area contributed by atoms with Crippen LogP contribution in [0.25, 0.3) is 5.69 Å². The maximum atomic E-state index is 13.6. The predicted octanol–water partition coefficient (Wildman–Crippen LogP) is 6.52. The van der Waals surface area contributed by atoms with Gasteiger partial charge in [-0.1, -0.05) is 98.6 Å². The first kappa shape index (κ1) is 42.2. The zero-order valence-electron chi connectivity index (χ0n) is 30.7. The number of amides is 1. The molecule has 0 spiro atoms. The fourth-order valence-corrected chi connectivity index (χ4v) is 5.41. The van der Waals surface area contributed by atoms with Gasteiger partial charge in [0.05, 0.1) is 95.0 Å². The summed E-state index contributed by atoms with van der Waals surface area (Å²) in [6.45, 7) is 12.6. The topological polar surface area (TPSA) is 127 Å². The number of hydrogen-bond acceptors (Lipinski definition) is 10. The van der Waals surface area contributed by atoms with Crippen LogP contribution in [-0.2, 0) is 47.0 Å². The number of carbonyl (C=O) groups is 1. The molecule has 53 heavy (non-hydrogen) atoms. The van der Waals surface area contributed by atoms with Crippen molar-refractivity contribution in [3.8, 4) is 11.4 Å². The Morgan fingerprint density at radius 1 is 0.717 bits per heavy atom. The molecule has 1 amide bonds. The Hall–Kier alpha value is -3.59. The van der Waals surface area contributed by atoms with E-state index < -0.39 is 0 Å². The highest BCUT2D eigenvalue weighted by atomic mass is 35.5. The van der Waals surface area contributed by atoms with Crippen molar-refractivity contribution in [2.45, 2.75) is 39.3 Å². The van der Waals surface area contributed by atoms with Crippen molar-refractivity contribution in [2.75, 3.05) is 79.2 Å². The van der Waals surface area contributed by atoms with Crippen molar-refractivity contribution in [1.29, 1.82) is 0 Å². The molecule has 4 aromatic rings. The van der Waals surface area contributed by atoms with E-state index in [1.807, 2.05) is 42.5 Å². The second-order valence-electron chi connectivity index (χ2n) is 13.0. The maximum absolute atomic E-state index is 13.6. The predicted molar refractivity (Wildman–Crippen MR) is 203 cm³/mol. The summed E-state index contributed by atoms with van der Waals surface area (Å²) in [7, 11) is 0. The molecule has 0 bridgehead atoms. The molecule has 12 nitrogen and oxygen atoms in total. The van der Waals surface area contributed by atoms with Gasteiger partial charge in [-0.2, -0.15) is 0 Å². The van der Waals surface area contributed by atoms with Gasteiger partial charge in [0.25, 0.3) is 5.91 Å². The largest absolute Gasteiger partial charge is 0.505 e. The van der Waals surface area contributed by atoms with Crippen molar-refractivity contribution >= 4 is 29.1 Å². The van der Waals surface area contributed by atoms with Crippen molar-refractivity contribution in [2.24, 2.45) is 0 Å². The maximum Gasteiger partial charge on any atom is 0.293 e. The zero-order chi connectivity index (χ0) is 37.9. The number of hydrogen-bond donors (Lipinski definition) is 1. The molecule has 1 aromatic heterocycles. The summed E-state index contributed by atoms with van der Waals surface area (Å²) in [5.41, 5.74) is 3.77. The van der Waals surface area contributed by atoms with E-state index in [2.05, 4.69) is 43.0 Å². The lowest BCUT2D eigenvalue weighted by Gasteiger charge is -2.23. The second kappa shape index (κ2) is 22.6. The van der Waals surface area contributed by atoms with E-state index in [1.54, 1.807) is 4.90 Å². The summed E-state index contributed by atoms with van der Waals surface area (Å²) in [4.78, 5) is 19.5. The van der Waals surface area contributed by atoms with Crippen molar-refractivity contribution in [3.05, 3.63) is 106 Å². The minimum absolute atomic E-state index is 0.000967. The Morgan fingerprint density at radius 3 is 1.75 bits per heavy atom. The van der Waals surface area contributed by atoms with Crippen LogP contribution >= 0.6 is 23.2 Å². The van der Waals surface area contributed by atoms with E-state index in [0.717, 1.165) is 11.1 Å². The summed E-state index contributed by atoms with van der Waals surface area (Å²) < 4.78 is 35.0. The summed E-state index contributed by atoms with van der Waals surface area (Å²) in [5, 5.41) is 14.4. The fourth-order valence-electron chi connectivity index (χ4n) is 4.93. The van der Waals surface area contributed by atoms with Gasteiger partial charge >= 0.3 is 0 Å². The highest BCUT2D eigenvalue weighted by Crippen LogP contribution is 2.33. The van der Waals surface area contributed by atoms with Gasteiger partial charge < -0.3 is 38.4 Å². The number of aromatic nitrogens is 3. The van der Waals surface area contributed by atoms with Gasteiger partial charge in [-0.25, -0.2) is 9.67 Å². The minimum Gasteiger partial charge on any atom is -0.505 e. The minimum atomic E-state index is -0.364. The molecule has 4 rings (SSSR count). The van der Waals surface area contributed by atoms with E-state index >= 15 is 0 Å². The van der Waals surface area contributed by atoms with Crippen LogP contribution in [0.1, 0.15) is 48.1 Å². The van der Waals surface area contributed by atoms with Crippen LogP contribution in [0.15, 0.2) is 73.1 Å². The standard InChI is InChI=1S/C39H50Cl2N4O8/c1-39(2,3)32-11-9-30(10-12-32)27-44(38(47)37-42-29-45(43-37)33-25-34(40)36(46)35(41)26-33)13-14-48-15-16-49-17-18-50-19-20-51-21-22-52-23-24-53-28-31-7-5-4-6-8-31/h4-12,25-26,29,46H,13-24,27-28H2,1-3H3. The van der Waals surface area contributed by atoms with Gasteiger partial charge in [0.1, 0.15) is 6.33 Å².